The second kappa shape index (κ2) is 12.5. The summed E-state index contributed by atoms with van der Waals surface area (Å²) < 4.78 is 10.6. The predicted octanol–water partition coefficient (Wildman–Crippen LogP) is 3.77. The number of alkyl halides is 1. The van der Waals surface area contributed by atoms with Gasteiger partial charge in [0.05, 0.1) is 0 Å². The molecule has 1 aliphatic heterocycles. The first-order chi connectivity index (χ1) is 15.2. The van der Waals surface area contributed by atoms with Gasteiger partial charge < -0.3 is 24.6 Å². The Bertz CT molecular complexity index is 746. The standard InChI is InChI=1S/C23H34ClN3O5/c1-23(2,3)32-21(29)25-12-7-13-27(20(28)16-24)19-10-14-26(15-11-19)22(30)31-17-18-8-5-4-6-9-18/h4-6,8-9,19H,7,10-17H2,1-3H3,(H,25,29). The van der Waals surface area contributed by atoms with Crippen molar-refractivity contribution in [3.8, 4) is 0 Å². The van der Waals surface area contributed by atoms with E-state index in [9.17, 15) is 14.4 Å². The molecule has 1 N–H and O–H groups in total. The van der Waals surface area contributed by atoms with Crippen LogP contribution in [0.1, 0.15) is 45.6 Å². The maximum Gasteiger partial charge on any atom is 0.410 e. The summed E-state index contributed by atoms with van der Waals surface area (Å²) in [6.45, 7) is 7.55. The highest BCUT2D eigenvalue weighted by atomic mass is 35.5. The molecule has 0 bridgehead atoms. The summed E-state index contributed by atoms with van der Waals surface area (Å²) in [5, 5.41) is 2.70. The van der Waals surface area contributed by atoms with Gasteiger partial charge in [0, 0.05) is 32.2 Å². The Kier molecular flexibility index (Phi) is 10.1. The van der Waals surface area contributed by atoms with Gasteiger partial charge in [-0.15, -0.1) is 11.6 Å². The smallest absolute Gasteiger partial charge is 0.410 e. The summed E-state index contributed by atoms with van der Waals surface area (Å²) in [5.41, 5.74) is 0.385. The number of amides is 3. The largest absolute Gasteiger partial charge is 0.445 e. The van der Waals surface area contributed by atoms with Crippen molar-refractivity contribution in [3.05, 3.63) is 35.9 Å². The Morgan fingerprint density at radius 1 is 1.16 bits per heavy atom. The molecule has 0 radical (unpaired) electrons. The van der Waals surface area contributed by atoms with Crippen molar-refractivity contribution in [2.24, 2.45) is 0 Å². The number of ether oxygens (including phenoxy) is 2. The third kappa shape index (κ3) is 8.94. The quantitative estimate of drug-likeness (QED) is 0.464. The van der Waals surface area contributed by atoms with Gasteiger partial charge >= 0.3 is 12.2 Å². The molecule has 32 heavy (non-hydrogen) atoms. The molecule has 1 fully saturated rings. The van der Waals surface area contributed by atoms with Gasteiger partial charge in [0.25, 0.3) is 0 Å². The first-order valence-electron chi connectivity index (χ1n) is 11.0. The van der Waals surface area contributed by atoms with Crippen LogP contribution < -0.4 is 5.32 Å². The van der Waals surface area contributed by atoms with Crippen LogP contribution in [0.4, 0.5) is 9.59 Å². The molecular formula is C23H34ClN3O5. The van der Waals surface area contributed by atoms with Crippen LogP contribution in [0, 0.1) is 0 Å². The number of hydrogen-bond donors (Lipinski definition) is 1. The lowest BCUT2D eigenvalue weighted by molar-refractivity contribution is -0.131. The Morgan fingerprint density at radius 3 is 2.41 bits per heavy atom. The van der Waals surface area contributed by atoms with Gasteiger partial charge in [0.2, 0.25) is 5.91 Å². The number of nitrogens with zero attached hydrogens (tertiary/aromatic N) is 2. The average Bonchev–Trinajstić information content (AvgIpc) is 2.76. The van der Waals surface area contributed by atoms with E-state index in [1.807, 2.05) is 30.3 Å². The maximum atomic E-state index is 12.4. The van der Waals surface area contributed by atoms with Crippen LogP contribution in [0.15, 0.2) is 30.3 Å². The number of benzene rings is 1. The summed E-state index contributed by atoms with van der Waals surface area (Å²) in [6, 6.07) is 9.54. The van der Waals surface area contributed by atoms with Crippen molar-refractivity contribution < 1.29 is 23.9 Å². The molecule has 0 aromatic heterocycles. The zero-order valence-electron chi connectivity index (χ0n) is 19.1. The minimum absolute atomic E-state index is 0.000880. The molecule has 3 amide bonds. The summed E-state index contributed by atoms with van der Waals surface area (Å²) in [6.07, 6.45) is 1.07. The fourth-order valence-electron chi connectivity index (χ4n) is 3.51. The Labute approximate surface area is 195 Å². The highest BCUT2D eigenvalue weighted by molar-refractivity contribution is 6.27. The van der Waals surface area contributed by atoms with Gasteiger partial charge in [-0.1, -0.05) is 30.3 Å². The minimum Gasteiger partial charge on any atom is -0.445 e. The Morgan fingerprint density at radius 2 is 1.81 bits per heavy atom. The van der Waals surface area contributed by atoms with Crippen molar-refractivity contribution in [2.75, 3.05) is 32.1 Å². The van der Waals surface area contributed by atoms with Gasteiger partial charge in [-0.3, -0.25) is 4.79 Å². The van der Waals surface area contributed by atoms with Gasteiger partial charge in [-0.25, -0.2) is 9.59 Å². The fourth-order valence-corrected chi connectivity index (χ4v) is 3.67. The monoisotopic (exact) mass is 467 g/mol. The number of rotatable bonds is 8. The number of likely N-dealkylation sites (tertiary alicyclic amines) is 1. The molecule has 0 spiro atoms. The first-order valence-corrected chi connectivity index (χ1v) is 11.5. The highest BCUT2D eigenvalue weighted by Crippen LogP contribution is 2.19. The van der Waals surface area contributed by atoms with Crippen molar-refractivity contribution in [1.29, 1.82) is 0 Å². The number of piperidine rings is 1. The maximum absolute atomic E-state index is 12.4. The molecule has 178 valence electrons. The van der Waals surface area contributed by atoms with Crippen LogP contribution >= 0.6 is 11.6 Å². The molecule has 0 saturated carbocycles. The van der Waals surface area contributed by atoms with Crippen LogP contribution in [-0.2, 0) is 20.9 Å². The summed E-state index contributed by atoms with van der Waals surface area (Å²) in [7, 11) is 0. The fraction of sp³-hybridized carbons (Fsp3) is 0.609. The van der Waals surface area contributed by atoms with Crippen molar-refractivity contribution >= 4 is 29.7 Å². The molecule has 1 aliphatic rings. The predicted molar refractivity (Wildman–Crippen MR) is 123 cm³/mol. The molecule has 1 saturated heterocycles. The molecule has 1 aromatic carbocycles. The zero-order chi connectivity index (χ0) is 23.6. The lowest BCUT2D eigenvalue weighted by Gasteiger charge is -2.38. The van der Waals surface area contributed by atoms with E-state index < -0.39 is 11.7 Å². The van der Waals surface area contributed by atoms with Crippen molar-refractivity contribution in [1.82, 2.24) is 15.1 Å². The van der Waals surface area contributed by atoms with E-state index in [0.29, 0.717) is 45.4 Å². The molecule has 1 heterocycles. The molecule has 0 unspecified atom stereocenters. The third-order valence-electron chi connectivity index (χ3n) is 5.05. The molecule has 9 heteroatoms. The van der Waals surface area contributed by atoms with Crippen molar-refractivity contribution in [3.63, 3.8) is 0 Å². The molecule has 2 rings (SSSR count). The topological polar surface area (TPSA) is 88.2 Å². The number of hydrogen-bond acceptors (Lipinski definition) is 5. The SMILES string of the molecule is CC(C)(C)OC(=O)NCCCN(C(=O)CCl)C1CCN(C(=O)OCc2ccccc2)CC1. The summed E-state index contributed by atoms with van der Waals surface area (Å²) >= 11 is 5.81. The number of nitrogens with one attached hydrogen (secondary N) is 1. The lowest BCUT2D eigenvalue weighted by Crippen LogP contribution is -2.50. The van der Waals surface area contributed by atoms with Gasteiger partial charge in [-0.05, 0) is 45.6 Å². The van der Waals surface area contributed by atoms with Crippen LogP contribution in [0.3, 0.4) is 0 Å². The number of halogens is 1. The summed E-state index contributed by atoms with van der Waals surface area (Å²) in [4.78, 5) is 39.9. The van der Waals surface area contributed by atoms with Crippen LogP contribution in [-0.4, -0.2) is 71.6 Å². The Hall–Kier alpha value is -2.48. The van der Waals surface area contributed by atoms with E-state index in [0.717, 1.165) is 5.56 Å². The van der Waals surface area contributed by atoms with E-state index in [1.165, 1.54) is 0 Å². The van der Waals surface area contributed by atoms with E-state index in [4.69, 9.17) is 21.1 Å². The number of alkyl carbamates (subject to hydrolysis) is 1. The molecule has 0 atom stereocenters. The van der Waals surface area contributed by atoms with Gasteiger partial charge in [-0.2, -0.15) is 0 Å². The lowest BCUT2D eigenvalue weighted by atomic mass is 10.0. The molecule has 0 aliphatic carbocycles. The second-order valence-electron chi connectivity index (χ2n) is 8.76. The van der Waals surface area contributed by atoms with Crippen LogP contribution in [0.5, 0.6) is 0 Å². The highest BCUT2D eigenvalue weighted by Gasteiger charge is 2.29. The Balaban J connectivity index is 1.76. The van der Waals surface area contributed by atoms with Crippen LogP contribution in [0.2, 0.25) is 0 Å². The third-order valence-corrected chi connectivity index (χ3v) is 5.28. The molecule has 8 nitrogen and oxygen atoms in total. The van der Waals surface area contributed by atoms with Crippen LogP contribution in [0.25, 0.3) is 0 Å². The van der Waals surface area contributed by atoms with E-state index in [1.54, 1.807) is 30.6 Å². The normalized spacial score (nSPS) is 14.6. The summed E-state index contributed by atoms with van der Waals surface area (Å²) in [5.74, 6) is -0.243. The average molecular weight is 468 g/mol. The van der Waals surface area contributed by atoms with E-state index >= 15 is 0 Å². The van der Waals surface area contributed by atoms with E-state index in [2.05, 4.69) is 5.32 Å². The van der Waals surface area contributed by atoms with Gasteiger partial charge in [0.1, 0.15) is 18.1 Å². The number of carbonyl (C=O) groups is 3. The van der Waals surface area contributed by atoms with Crippen molar-refractivity contribution in [2.45, 2.75) is 58.3 Å². The second-order valence-corrected chi connectivity index (χ2v) is 9.03. The molecular weight excluding hydrogens is 434 g/mol. The first kappa shape index (κ1) is 25.8. The van der Waals surface area contributed by atoms with E-state index in [-0.39, 0.29) is 30.5 Å². The molecule has 1 aromatic rings. The zero-order valence-corrected chi connectivity index (χ0v) is 19.9. The minimum atomic E-state index is -0.555. The number of carbonyl (C=O) groups excluding carboxylic acids is 3. The van der Waals surface area contributed by atoms with Gasteiger partial charge in [0.15, 0.2) is 0 Å².